The van der Waals surface area contributed by atoms with E-state index in [4.69, 9.17) is 28.9 Å². The summed E-state index contributed by atoms with van der Waals surface area (Å²) in [6, 6.07) is 1.68. The summed E-state index contributed by atoms with van der Waals surface area (Å²) >= 11 is 11.7. The molecule has 2 nitrogen and oxygen atoms in total. The first-order valence-corrected chi connectivity index (χ1v) is 4.99. The second kappa shape index (κ2) is 3.45. The molecule has 0 bridgehead atoms. The highest BCUT2D eigenvalue weighted by atomic mass is 35.5. The molecule has 2 rings (SSSR count). The Labute approximate surface area is 87.1 Å². The molecular weight excluding hydrogens is 207 g/mol. The fraction of sp³-hybridized carbons (Fsp3) is 0.444. The Kier molecular flexibility index (Phi) is 2.45. The molecule has 13 heavy (non-hydrogen) atoms. The van der Waals surface area contributed by atoms with Gasteiger partial charge in [-0.15, -0.1) is 0 Å². The van der Waals surface area contributed by atoms with Crippen molar-refractivity contribution in [2.24, 2.45) is 11.7 Å². The molecule has 1 saturated carbocycles. The summed E-state index contributed by atoms with van der Waals surface area (Å²) in [5.41, 5.74) is 6.64. The monoisotopic (exact) mass is 216 g/mol. The summed E-state index contributed by atoms with van der Waals surface area (Å²) in [4.78, 5) is 4.01. The van der Waals surface area contributed by atoms with Crippen molar-refractivity contribution in [1.29, 1.82) is 0 Å². The third kappa shape index (κ3) is 1.80. The van der Waals surface area contributed by atoms with Gasteiger partial charge in [-0.05, 0) is 36.4 Å². The van der Waals surface area contributed by atoms with Crippen LogP contribution in [0.2, 0.25) is 10.2 Å². The van der Waals surface area contributed by atoms with Crippen LogP contribution in [0.15, 0.2) is 12.3 Å². The van der Waals surface area contributed by atoms with Crippen molar-refractivity contribution in [2.45, 2.75) is 12.3 Å². The number of hydrogen-bond donors (Lipinski definition) is 1. The molecule has 0 aromatic carbocycles. The number of halogens is 2. The molecule has 1 aliphatic rings. The minimum Gasteiger partial charge on any atom is -0.330 e. The normalized spacial score (nSPS) is 26.1. The van der Waals surface area contributed by atoms with Crippen LogP contribution in [0.3, 0.4) is 0 Å². The van der Waals surface area contributed by atoms with Gasteiger partial charge in [-0.25, -0.2) is 4.98 Å². The summed E-state index contributed by atoms with van der Waals surface area (Å²) in [5.74, 6) is 1.09. The lowest BCUT2D eigenvalue weighted by molar-refractivity contribution is 0.808. The highest BCUT2D eigenvalue weighted by molar-refractivity contribution is 6.34. The molecule has 0 unspecified atom stereocenters. The molecule has 0 spiro atoms. The van der Waals surface area contributed by atoms with E-state index in [0.717, 1.165) is 18.5 Å². The molecular formula is C9H10Cl2N2. The van der Waals surface area contributed by atoms with Crippen LogP contribution in [0.1, 0.15) is 17.9 Å². The van der Waals surface area contributed by atoms with Crippen LogP contribution in [0, 0.1) is 5.92 Å². The van der Waals surface area contributed by atoms with E-state index in [1.165, 1.54) is 0 Å². The summed E-state index contributed by atoms with van der Waals surface area (Å²) < 4.78 is 0. The lowest BCUT2D eigenvalue weighted by atomic mass is 10.1. The molecule has 2 atom stereocenters. The Morgan fingerprint density at radius 1 is 1.54 bits per heavy atom. The van der Waals surface area contributed by atoms with Crippen LogP contribution >= 0.6 is 23.2 Å². The number of hydrogen-bond acceptors (Lipinski definition) is 2. The summed E-state index contributed by atoms with van der Waals surface area (Å²) in [7, 11) is 0. The van der Waals surface area contributed by atoms with Gasteiger partial charge < -0.3 is 5.73 Å². The highest BCUT2D eigenvalue weighted by Crippen LogP contribution is 2.48. The summed E-state index contributed by atoms with van der Waals surface area (Å²) in [6.07, 6.45) is 2.88. The quantitative estimate of drug-likeness (QED) is 0.772. The maximum atomic E-state index is 6.02. The van der Waals surface area contributed by atoms with Gasteiger partial charge in [0.2, 0.25) is 0 Å². The van der Waals surface area contributed by atoms with Crippen molar-refractivity contribution in [3.63, 3.8) is 0 Å². The minimum absolute atomic E-state index is 0.443. The molecule has 1 fully saturated rings. The maximum Gasteiger partial charge on any atom is 0.130 e. The molecule has 4 heteroatoms. The van der Waals surface area contributed by atoms with Crippen LogP contribution in [0.5, 0.6) is 0 Å². The average Bonchev–Trinajstić information content (AvgIpc) is 2.83. The van der Waals surface area contributed by atoms with Crippen LogP contribution in [0.25, 0.3) is 0 Å². The lowest BCUT2D eigenvalue weighted by Crippen LogP contribution is -2.02. The van der Waals surface area contributed by atoms with E-state index in [2.05, 4.69) is 4.98 Å². The number of pyridine rings is 1. The van der Waals surface area contributed by atoms with Crippen molar-refractivity contribution in [3.05, 3.63) is 28.0 Å². The summed E-state index contributed by atoms with van der Waals surface area (Å²) in [6.45, 7) is 0.726. The molecule has 0 aliphatic heterocycles. The standard InChI is InChI=1S/C9H10Cl2N2/c10-8-2-9(11)13-4-7(8)6-1-5(6)3-12/h2,4-6H,1,3,12H2/t5-,6+/m0/s1. The van der Waals surface area contributed by atoms with E-state index in [1.807, 2.05) is 0 Å². The van der Waals surface area contributed by atoms with Gasteiger partial charge in [-0.3, -0.25) is 0 Å². The Balaban J connectivity index is 2.22. The minimum atomic E-state index is 0.443. The molecule has 1 aromatic rings. The third-order valence-corrected chi connectivity index (χ3v) is 3.01. The first-order chi connectivity index (χ1) is 6.22. The maximum absolute atomic E-state index is 6.02. The van der Waals surface area contributed by atoms with Crippen LogP contribution < -0.4 is 5.73 Å². The zero-order valence-corrected chi connectivity index (χ0v) is 8.52. The fourth-order valence-corrected chi connectivity index (χ4v) is 2.09. The predicted octanol–water partition coefficient (Wildman–Crippen LogP) is 2.45. The van der Waals surface area contributed by atoms with Gasteiger partial charge >= 0.3 is 0 Å². The number of nitrogens with zero attached hydrogens (tertiary/aromatic N) is 1. The molecule has 1 heterocycles. The predicted molar refractivity (Wildman–Crippen MR) is 54.2 cm³/mol. The van der Waals surface area contributed by atoms with E-state index in [1.54, 1.807) is 12.3 Å². The largest absolute Gasteiger partial charge is 0.330 e. The van der Waals surface area contributed by atoms with Gasteiger partial charge in [-0.1, -0.05) is 23.2 Å². The Morgan fingerprint density at radius 3 is 2.85 bits per heavy atom. The molecule has 70 valence electrons. The van der Waals surface area contributed by atoms with Gasteiger partial charge in [-0.2, -0.15) is 0 Å². The Bertz CT molecular complexity index is 327. The first kappa shape index (κ1) is 9.25. The molecule has 0 radical (unpaired) electrons. The fourth-order valence-electron chi connectivity index (χ4n) is 1.58. The van der Waals surface area contributed by atoms with Crippen LogP contribution in [0.4, 0.5) is 0 Å². The van der Waals surface area contributed by atoms with Crippen molar-refractivity contribution in [3.8, 4) is 0 Å². The zero-order chi connectivity index (χ0) is 9.42. The first-order valence-electron chi connectivity index (χ1n) is 4.23. The van der Waals surface area contributed by atoms with E-state index in [-0.39, 0.29) is 0 Å². The van der Waals surface area contributed by atoms with Gasteiger partial charge in [0, 0.05) is 11.2 Å². The second-order valence-corrected chi connectivity index (χ2v) is 4.16. The topological polar surface area (TPSA) is 38.9 Å². The van der Waals surface area contributed by atoms with Gasteiger partial charge in [0.1, 0.15) is 5.15 Å². The zero-order valence-electron chi connectivity index (χ0n) is 7.00. The Morgan fingerprint density at radius 2 is 2.31 bits per heavy atom. The molecule has 0 amide bonds. The molecule has 1 aliphatic carbocycles. The van der Waals surface area contributed by atoms with E-state index >= 15 is 0 Å². The number of rotatable bonds is 2. The molecule has 1 aromatic heterocycles. The lowest BCUT2D eigenvalue weighted by Gasteiger charge is -2.01. The third-order valence-electron chi connectivity index (χ3n) is 2.47. The Hall–Kier alpha value is -0.310. The highest BCUT2D eigenvalue weighted by Gasteiger charge is 2.38. The molecule has 0 saturated heterocycles. The van der Waals surface area contributed by atoms with Gasteiger partial charge in [0.05, 0.1) is 0 Å². The summed E-state index contributed by atoms with van der Waals surface area (Å²) in [5, 5.41) is 1.15. The second-order valence-electron chi connectivity index (χ2n) is 3.37. The van der Waals surface area contributed by atoms with Crippen molar-refractivity contribution >= 4 is 23.2 Å². The van der Waals surface area contributed by atoms with Gasteiger partial charge in [0.15, 0.2) is 0 Å². The van der Waals surface area contributed by atoms with Crippen molar-refractivity contribution in [1.82, 2.24) is 4.98 Å². The molecule has 2 N–H and O–H groups in total. The number of aromatic nitrogens is 1. The van der Waals surface area contributed by atoms with Crippen molar-refractivity contribution in [2.75, 3.05) is 6.54 Å². The smallest absolute Gasteiger partial charge is 0.130 e. The van der Waals surface area contributed by atoms with E-state index in [9.17, 15) is 0 Å². The van der Waals surface area contributed by atoms with E-state index < -0.39 is 0 Å². The van der Waals surface area contributed by atoms with Crippen LogP contribution in [-0.2, 0) is 0 Å². The number of nitrogens with two attached hydrogens (primary N) is 1. The average molecular weight is 217 g/mol. The van der Waals surface area contributed by atoms with E-state index in [0.29, 0.717) is 22.0 Å². The van der Waals surface area contributed by atoms with Gasteiger partial charge in [0.25, 0.3) is 0 Å². The van der Waals surface area contributed by atoms with Crippen molar-refractivity contribution < 1.29 is 0 Å². The SMILES string of the molecule is NC[C@@H]1C[C@H]1c1cnc(Cl)cc1Cl. The van der Waals surface area contributed by atoms with Crippen LogP contribution in [-0.4, -0.2) is 11.5 Å².